The number of fused-ring (bicyclic) bond motifs is 1. The van der Waals surface area contributed by atoms with Crippen molar-refractivity contribution in [1.82, 2.24) is 4.98 Å². The van der Waals surface area contributed by atoms with Crippen LogP contribution in [0.5, 0.6) is 0 Å². The molecule has 1 aromatic heterocycles. The molecule has 2 rings (SSSR count). The lowest BCUT2D eigenvalue weighted by molar-refractivity contribution is 0.0697. The molecule has 0 radical (unpaired) electrons. The Hall–Kier alpha value is -2.04. The van der Waals surface area contributed by atoms with E-state index in [1.165, 1.54) is 0 Å². The summed E-state index contributed by atoms with van der Waals surface area (Å²) in [5.74, 6) is -2.93. The average Bonchev–Trinajstić information content (AvgIpc) is 2.20. The van der Waals surface area contributed by atoms with Crippen LogP contribution in [0.1, 0.15) is 21.6 Å². The molecule has 0 aliphatic carbocycles. The van der Waals surface area contributed by atoms with Crippen LogP contribution in [0.3, 0.4) is 0 Å². The normalized spacial score (nSPS) is 10.8. The van der Waals surface area contributed by atoms with Crippen molar-refractivity contribution >= 4 is 16.9 Å². The van der Waals surface area contributed by atoms with Gasteiger partial charge in [0.2, 0.25) is 0 Å². The van der Waals surface area contributed by atoms with Gasteiger partial charge in [-0.3, -0.25) is 4.98 Å². The van der Waals surface area contributed by atoms with Crippen LogP contribution in [0.4, 0.5) is 8.78 Å². The molecule has 1 aromatic carbocycles. The molecule has 0 saturated heterocycles. The number of carboxylic acid groups (broad SMARTS) is 1. The van der Waals surface area contributed by atoms with E-state index < -0.39 is 17.6 Å². The standard InChI is InChI=1S/C12H9F2NO2/c1-5-6(2)15-9-4-7(13)3-8(14)11(9)10(5)12(16)17/h3-4H,1-2H3,(H,16,17). The monoisotopic (exact) mass is 237 g/mol. The summed E-state index contributed by atoms with van der Waals surface area (Å²) in [5, 5.41) is 8.94. The Bertz CT molecular complexity index is 638. The maximum absolute atomic E-state index is 13.6. The minimum Gasteiger partial charge on any atom is -0.478 e. The fourth-order valence-corrected chi connectivity index (χ4v) is 1.80. The highest BCUT2D eigenvalue weighted by atomic mass is 19.1. The van der Waals surface area contributed by atoms with Crippen molar-refractivity contribution in [3.63, 3.8) is 0 Å². The Morgan fingerprint density at radius 2 is 1.94 bits per heavy atom. The number of hydrogen-bond acceptors (Lipinski definition) is 2. The van der Waals surface area contributed by atoms with E-state index in [9.17, 15) is 13.6 Å². The van der Waals surface area contributed by atoms with Crippen molar-refractivity contribution in [2.45, 2.75) is 13.8 Å². The number of rotatable bonds is 1. The number of carbonyl (C=O) groups is 1. The van der Waals surface area contributed by atoms with Gasteiger partial charge >= 0.3 is 5.97 Å². The quantitative estimate of drug-likeness (QED) is 0.829. The number of aryl methyl sites for hydroxylation is 1. The van der Waals surface area contributed by atoms with Crippen molar-refractivity contribution in [1.29, 1.82) is 0 Å². The third-order valence-electron chi connectivity index (χ3n) is 2.70. The SMILES string of the molecule is Cc1nc2cc(F)cc(F)c2c(C(=O)O)c1C. The lowest BCUT2D eigenvalue weighted by Crippen LogP contribution is -2.06. The first-order valence-electron chi connectivity index (χ1n) is 4.91. The number of benzene rings is 1. The molecule has 1 heterocycles. The van der Waals surface area contributed by atoms with Crippen LogP contribution in [0.15, 0.2) is 12.1 Å². The van der Waals surface area contributed by atoms with Gasteiger partial charge in [0.05, 0.1) is 16.5 Å². The van der Waals surface area contributed by atoms with Crippen molar-refractivity contribution in [3.8, 4) is 0 Å². The molecule has 0 bridgehead atoms. The fraction of sp³-hybridized carbons (Fsp3) is 0.167. The van der Waals surface area contributed by atoms with E-state index in [4.69, 9.17) is 5.11 Å². The second-order valence-corrected chi connectivity index (χ2v) is 3.78. The summed E-state index contributed by atoms with van der Waals surface area (Å²) >= 11 is 0. The molecule has 0 unspecified atom stereocenters. The Kier molecular flexibility index (Phi) is 2.53. The molecule has 0 fully saturated rings. The van der Waals surface area contributed by atoms with Gasteiger partial charge in [-0.2, -0.15) is 0 Å². The molecule has 88 valence electrons. The topological polar surface area (TPSA) is 50.2 Å². The number of hydrogen-bond donors (Lipinski definition) is 1. The molecule has 0 aliphatic rings. The van der Waals surface area contributed by atoms with Gasteiger partial charge in [-0.05, 0) is 19.4 Å². The van der Waals surface area contributed by atoms with Gasteiger partial charge < -0.3 is 5.11 Å². The van der Waals surface area contributed by atoms with Crippen molar-refractivity contribution in [3.05, 3.63) is 40.6 Å². The maximum Gasteiger partial charge on any atom is 0.336 e. The molecular weight excluding hydrogens is 228 g/mol. The predicted octanol–water partition coefficient (Wildman–Crippen LogP) is 2.83. The zero-order chi connectivity index (χ0) is 12.7. The van der Waals surface area contributed by atoms with E-state index in [-0.39, 0.29) is 16.5 Å². The molecule has 17 heavy (non-hydrogen) atoms. The molecule has 0 atom stereocenters. The first-order chi connectivity index (χ1) is 7.91. The van der Waals surface area contributed by atoms with Gasteiger partial charge in [0, 0.05) is 17.8 Å². The van der Waals surface area contributed by atoms with Crippen LogP contribution < -0.4 is 0 Å². The minimum atomic E-state index is -1.25. The van der Waals surface area contributed by atoms with E-state index >= 15 is 0 Å². The van der Waals surface area contributed by atoms with Crippen LogP contribution in [-0.4, -0.2) is 16.1 Å². The van der Waals surface area contributed by atoms with Crippen LogP contribution in [0.2, 0.25) is 0 Å². The molecule has 0 spiro atoms. The zero-order valence-corrected chi connectivity index (χ0v) is 9.21. The van der Waals surface area contributed by atoms with E-state index in [0.29, 0.717) is 17.3 Å². The minimum absolute atomic E-state index is 0.0167. The van der Waals surface area contributed by atoms with Crippen molar-refractivity contribution in [2.75, 3.05) is 0 Å². The lowest BCUT2D eigenvalue weighted by Gasteiger charge is -2.09. The summed E-state index contributed by atoms with van der Waals surface area (Å²) in [7, 11) is 0. The number of aromatic nitrogens is 1. The van der Waals surface area contributed by atoms with Crippen LogP contribution in [-0.2, 0) is 0 Å². The Balaban J connectivity index is 3.03. The van der Waals surface area contributed by atoms with Gasteiger partial charge in [0.1, 0.15) is 11.6 Å². The second-order valence-electron chi connectivity index (χ2n) is 3.78. The number of carboxylic acids is 1. The lowest BCUT2D eigenvalue weighted by atomic mass is 10.0. The molecule has 0 saturated carbocycles. The average molecular weight is 237 g/mol. The molecule has 3 nitrogen and oxygen atoms in total. The van der Waals surface area contributed by atoms with E-state index in [1.807, 2.05) is 0 Å². The summed E-state index contributed by atoms with van der Waals surface area (Å²) in [6.45, 7) is 3.15. The third kappa shape index (κ3) is 1.73. The molecule has 2 aromatic rings. The van der Waals surface area contributed by atoms with E-state index in [0.717, 1.165) is 6.07 Å². The summed E-state index contributed by atoms with van der Waals surface area (Å²) in [5.41, 5.74) is 0.684. The molecular formula is C12H9F2NO2. The summed E-state index contributed by atoms with van der Waals surface area (Å²) in [6, 6.07) is 1.68. The summed E-state index contributed by atoms with van der Waals surface area (Å²) in [6.07, 6.45) is 0. The van der Waals surface area contributed by atoms with Crippen LogP contribution in [0, 0.1) is 25.5 Å². The smallest absolute Gasteiger partial charge is 0.336 e. The van der Waals surface area contributed by atoms with Gasteiger partial charge in [-0.1, -0.05) is 0 Å². The number of halogens is 2. The highest BCUT2D eigenvalue weighted by Gasteiger charge is 2.19. The zero-order valence-electron chi connectivity index (χ0n) is 9.21. The van der Waals surface area contributed by atoms with Gasteiger partial charge in [-0.15, -0.1) is 0 Å². The summed E-state index contributed by atoms with van der Waals surface area (Å²) in [4.78, 5) is 15.1. The van der Waals surface area contributed by atoms with Crippen LogP contribution >= 0.6 is 0 Å². The second kappa shape index (κ2) is 3.76. The fourth-order valence-electron chi connectivity index (χ4n) is 1.80. The first kappa shape index (κ1) is 11.4. The number of pyridine rings is 1. The van der Waals surface area contributed by atoms with Gasteiger partial charge in [0.25, 0.3) is 0 Å². The molecule has 0 aliphatic heterocycles. The Morgan fingerprint density at radius 1 is 1.29 bits per heavy atom. The maximum atomic E-state index is 13.6. The third-order valence-corrected chi connectivity index (χ3v) is 2.70. The van der Waals surface area contributed by atoms with Crippen molar-refractivity contribution < 1.29 is 18.7 Å². The molecule has 0 amide bonds. The number of aromatic carboxylic acids is 1. The van der Waals surface area contributed by atoms with Crippen LogP contribution in [0.25, 0.3) is 10.9 Å². The van der Waals surface area contributed by atoms with Gasteiger partial charge in [0.15, 0.2) is 0 Å². The predicted molar refractivity (Wildman–Crippen MR) is 58.1 cm³/mol. The Morgan fingerprint density at radius 3 is 2.53 bits per heavy atom. The molecule has 5 heteroatoms. The van der Waals surface area contributed by atoms with E-state index in [1.54, 1.807) is 13.8 Å². The molecule has 1 N–H and O–H groups in total. The Labute approximate surface area is 95.7 Å². The highest BCUT2D eigenvalue weighted by molar-refractivity contribution is 6.04. The van der Waals surface area contributed by atoms with E-state index in [2.05, 4.69) is 4.98 Å². The largest absolute Gasteiger partial charge is 0.478 e. The van der Waals surface area contributed by atoms with Gasteiger partial charge in [-0.25, -0.2) is 13.6 Å². The number of nitrogens with zero attached hydrogens (tertiary/aromatic N) is 1. The first-order valence-corrected chi connectivity index (χ1v) is 4.91. The highest BCUT2D eigenvalue weighted by Crippen LogP contribution is 2.26. The van der Waals surface area contributed by atoms with Crippen molar-refractivity contribution in [2.24, 2.45) is 0 Å². The summed E-state index contributed by atoms with van der Waals surface area (Å²) < 4.78 is 26.7.